The van der Waals surface area contributed by atoms with Crippen molar-refractivity contribution >= 4 is 38.6 Å². The fourth-order valence-corrected chi connectivity index (χ4v) is 5.25. The van der Waals surface area contributed by atoms with Gasteiger partial charge in [0.25, 0.3) is 21.7 Å². The molecule has 0 spiro atoms. The van der Waals surface area contributed by atoms with Gasteiger partial charge in [-0.1, -0.05) is 31.2 Å². The number of hydrogen-bond acceptors (Lipinski definition) is 7. The maximum atomic E-state index is 13.6. The third-order valence-electron chi connectivity index (χ3n) is 4.84. The number of aromatic nitrogens is 1. The molecule has 0 aliphatic rings. The second-order valence-electron chi connectivity index (χ2n) is 8.48. The smallest absolute Gasteiger partial charge is 0.344 e. The van der Waals surface area contributed by atoms with Gasteiger partial charge in [-0.3, -0.25) is 9.59 Å². The van der Waals surface area contributed by atoms with Crippen LogP contribution in [0.3, 0.4) is 0 Å². The van der Waals surface area contributed by atoms with Crippen molar-refractivity contribution in [2.45, 2.75) is 44.6 Å². The Kier molecular flexibility index (Phi) is 6.83. The van der Waals surface area contributed by atoms with E-state index in [9.17, 15) is 22.8 Å². The lowest BCUT2D eigenvalue weighted by atomic mass is 10.0. The Balaban J connectivity index is 2.27. The zero-order valence-electron chi connectivity index (χ0n) is 19.3. The predicted molar refractivity (Wildman–Crippen MR) is 125 cm³/mol. The highest BCUT2D eigenvalue weighted by Crippen LogP contribution is 2.37. The molecular formula is C24H26N2O7S. The maximum absolute atomic E-state index is 13.6. The summed E-state index contributed by atoms with van der Waals surface area (Å²) in [6.45, 7) is 6.29. The highest BCUT2D eigenvalue weighted by molar-refractivity contribution is 7.90. The third kappa shape index (κ3) is 4.81. The van der Waals surface area contributed by atoms with E-state index in [0.29, 0.717) is 0 Å². The number of nitrogens with zero attached hydrogens (tertiary/aromatic N) is 1. The summed E-state index contributed by atoms with van der Waals surface area (Å²) in [5.74, 6) is -2.91. The molecule has 0 aliphatic heterocycles. The van der Waals surface area contributed by atoms with E-state index < -0.39 is 39.9 Å². The van der Waals surface area contributed by atoms with E-state index in [2.05, 4.69) is 0 Å². The number of benzene rings is 2. The maximum Gasteiger partial charge on any atom is 0.344 e. The van der Waals surface area contributed by atoms with E-state index in [1.54, 1.807) is 45.9 Å². The average Bonchev–Trinajstić information content (AvgIpc) is 3.12. The molecule has 0 bridgehead atoms. The van der Waals surface area contributed by atoms with E-state index in [1.807, 2.05) is 0 Å². The molecule has 9 nitrogen and oxygen atoms in total. The van der Waals surface area contributed by atoms with Crippen LogP contribution >= 0.6 is 0 Å². The minimum atomic E-state index is -4.15. The number of rotatable bonds is 8. The lowest BCUT2D eigenvalue weighted by Crippen LogP contribution is -2.27. The molecule has 180 valence electrons. The first kappa shape index (κ1) is 25.0. The second-order valence-corrected chi connectivity index (χ2v) is 10.3. The van der Waals surface area contributed by atoms with Crippen LogP contribution in [0.4, 0.5) is 0 Å². The lowest BCUT2D eigenvalue weighted by molar-refractivity contribution is -0.157. The topological polar surface area (TPSA) is 135 Å². The molecule has 1 heterocycles. The Bertz CT molecular complexity index is 1370. The van der Waals surface area contributed by atoms with E-state index in [-0.39, 0.29) is 39.2 Å². The number of primary amides is 1. The van der Waals surface area contributed by atoms with Gasteiger partial charge in [0.15, 0.2) is 6.61 Å². The number of Topliss-reactive ketones (excluding diaryl/α,β-unsaturated/α-hetero) is 1. The van der Waals surface area contributed by atoms with E-state index in [0.717, 1.165) is 3.97 Å². The summed E-state index contributed by atoms with van der Waals surface area (Å²) in [5.41, 5.74) is 4.58. The molecule has 2 N–H and O–H groups in total. The molecule has 34 heavy (non-hydrogen) atoms. The molecule has 0 aliphatic carbocycles. The van der Waals surface area contributed by atoms with Crippen molar-refractivity contribution in [1.82, 2.24) is 3.97 Å². The Morgan fingerprint density at radius 3 is 2.21 bits per heavy atom. The Hall–Kier alpha value is -3.66. The summed E-state index contributed by atoms with van der Waals surface area (Å²) >= 11 is 0. The fourth-order valence-electron chi connectivity index (χ4n) is 3.62. The molecule has 0 atom stereocenters. The van der Waals surface area contributed by atoms with E-state index in [4.69, 9.17) is 15.2 Å². The monoisotopic (exact) mass is 486 g/mol. The first-order chi connectivity index (χ1) is 15.9. The Labute approximate surface area is 197 Å². The molecule has 0 saturated heterocycles. The van der Waals surface area contributed by atoms with Crippen molar-refractivity contribution < 1.29 is 32.3 Å². The predicted octanol–water partition coefficient (Wildman–Crippen LogP) is 2.83. The standard InChI is InChI=1S/C24H26N2O7S/c1-5-16-21(22(28)23(25)29)20-17(26(16)34(30,31)15-10-7-6-8-11-15)12-9-13-18(20)32-14-19(27)33-24(2,3)4/h6-13H,5,14H2,1-4H3,(H2,25,29). The summed E-state index contributed by atoms with van der Waals surface area (Å²) in [4.78, 5) is 36.9. The van der Waals surface area contributed by atoms with Crippen LogP contribution in [0.15, 0.2) is 53.4 Å². The lowest BCUT2D eigenvalue weighted by Gasteiger charge is -2.19. The fraction of sp³-hybridized carbons (Fsp3) is 0.292. The highest BCUT2D eigenvalue weighted by Gasteiger charge is 2.32. The number of fused-ring (bicyclic) bond motifs is 1. The van der Waals surface area contributed by atoms with Gasteiger partial charge in [-0.15, -0.1) is 0 Å². The molecular weight excluding hydrogens is 460 g/mol. The number of nitrogens with two attached hydrogens (primary N) is 1. The van der Waals surface area contributed by atoms with Gasteiger partial charge < -0.3 is 15.2 Å². The normalized spacial score (nSPS) is 11.9. The van der Waals surface area contributed by atoms with Crippen molar-refractivity contribution in [2.24, 2.45) is 5.73 Å². The number of ketones is 1. The summed E-state index contributed by atoms with van der Waals surface area (Å²) in [7, 11) is -4.15. The average molecular weight is 487 g/mol. The largest absolute Gasteiger partial charge is 0.481 e. The summed E-state index contributed by atoms with van der Waals surface area (Å²) in [6.07, 6.45) is 0.0978. The van der Waals surface area contributed by atoms with Gasteiger partial charge >= 0.3 is 5.97 Å². The van der Waals surface area contributed by atoms with E-state index in [1.165, 1.54) is 30.3 Å². The molecule has 3 aromatic rings. The number of amides is 1. The number of carbonyl (C=O) groups excluding carboxylic acids is 3. The number of esters is 1. The molecule has 0 fully saturated rings. The van der Waals surface area contributed by atoms with Gasteiger partial charge in [0, 0.05) is 5.69 Å². The van der Waals surface area contributed by atoms with Gasteiger partial charge in [0.1, 0.15) is 11.4 Å². The Morgan fingerprint density at radius 2 is 1.65 bits per heavy atom. The van der Waals surface area contributed by atoms with Crippen LogP contribution in [-0.2, 0) is 30.8 Å². The van der Waals surface area contributed by atoms with Gasteiger partial charge in [-0.2, -0.15) is 0 Å². The van der Waals surface area contributed by atoms with Crippen molar-refractivity contribution in [2.75, 3.05) is 6.61 Å². The van der Waals surface area contributed by atoms with E-state index >= 15 is 0 Å². The number of carbonyl (C=O) groups is 3. The summed E-state index contributed by atoms with van der Waals surface area (Å²) < 4.78 is 39.1. The first-order valence-electron chi connectivity index (χ1n) is 10.5. The molecule has 3 rings (SSSR count). The van der Waals surface area contributed by atoms with Crippen LogP contribution in [0.1, 0.15) is 43.7 Å². The van der Waals surface area contributed by atoms with Crippen molar-refractivity contribution in [3.8, 4) is 5.75 Å². The minimum Gasteiger partial charge on any atom is -0.481 e. The SMILES string of the molecule is CCc1c(C(=O)C(N)=O)c2c(OCC(=O)OC(C)(C)C)cccc2n1S(=O)(=O)c1ccccc1. The van der Waals surface area contributed by atoms with Crippen LogP contribution in [0.2, 0.25) is 0 Å². The van der Waals surface area contributed by atoms with Gasteiger partial charge in [-0.05, 0) is 51.5 Å². The molecule has 0 radical (unpaired) electrons. The molecule has 0 saturated carbocycles. The zero-order chi connectivity index (χ0) is 25.3. The zero-order valence-corrected chi connectivity index (χ0v) is 20.1. The molecule has 1 amide bonds. The molecule has 10 heteroatoms. The van der Waals surface area contributed by atoms with Gasteiger partial charge in [0.05, 0.1) is 21.4 Å². The third-order valence-corrected chi connectivity index (χ3v) is 6.61. The van der Waals surface area contributed by atoms with Crippen molar-refractivity contribution in [3.63, 3.8) is 0 Å². The van der Waals surface area contributed by atoms with Crippen LogP contribution in [0, 0.1) is 0 Å². The first-order valence-corrected chi connectivity index (χ1v) is 12.0. The van der Waals surface area contributed by atoms with Gasteiger partial charge in [-0.25, -0.2) is 17.2 Å². The van der Waals surface area contributed by atoms with Crippen LogP contribution < -0.4 is 10.5 Å². The van der Waals surface area contributed by atoms with Crippen molar-refractivity contribution in [1.29, 1.82) is 0 Å². The number of ether oxygens (including phenoxy) is 2. The Morgan fingerprint density at radius 1 is 1.00 bits per heavy atom. The van der Waals surface area contributed by atoms with Gasteiger partial charge in [0.2, 0.25) is 0 Å². The molecule has 2 aromatic carbocycles. The molecule has 0 unspecified atom stereocenters. The molecule has 1 aromatic heterocycles. The summed E-state index contributed by atoms with van der Waals surface area (Å²) in [5, 5.41) is 0.0752. The quantitative estimate of drug-likeness (QED) is 0.294. The second kappa shape index (κ2) is 9.30. The van der Waals surface area contributed by atoms with Crippen LogP contribution in [-0.4, -0.2) is 42.3 Å². The summed E-state index contributed by atoms with van der Waals surface area (Å²) in [6, 6.07) is 12.2. The highest BCUT2D eigenvalue weighted by atomic mass is 32.2. The van der Waals surface area contributed by atoms with Crippen LogP contribution in [0.25, 0.3) is 10.9 Å². The minimum absolute atomic E-state index is 0.000231. The van der Waals surface area contributed by atoms with Crippen molar-refractivity contribution in [3.05, 3.63) is 59.8 Å². The number of hydrogen-bond donors (Lipinski definition) is 1. The van der Waals surface area contributed by atoms with Crippen LogP contribution in [0.5, 0.6) is 5.75 Å².